The van der Waals surface area contributed by atoms with Crippen LogP contribution in [0.2, 0.25) is 0 Å². The fourth-order valence-corrected chi connectivity index (χ4v) is 6.36. The summed E-state index contributed by atoms with van der Waals surface area (Å²) in [5.41, 5.74) is 3.42. The van der Waals surface area contributed by atoms with Crippen molar-refractivity contribution in [1.29, 1.82) is 0 Å². The molecule has 3 N–H and O–H groups in total. The molecular formula is C45H54ClNaO12. The van der Waals surface area contributed by atoms with Gasteiger partial charge in [0.15, 0.2) is 0 Å². The Hall–Kier alpha value is -3.85. The molecule has 0 radical (unpaired) electrons. The number of carbonyl (C=O) groups is 2. The molecule has 3 unspecified atom stereocenters. The van der Waals surface area contributed by atoms with Gasteiger partial charge in [0.25, 0.3) is 0 Å². The number of methoxy groups -OCH3 is 2. The first kappa shape index (κ1) is 49.5. The maximum Gasteiger partial charge on any atom is 1.00 e. The number of alkyl halides is 1. The minimum atomic E-state index is -0.421. The number of phenolic OH excluding ortho intramolecular Hbond substituents is 2. The molecule has 0 amide bonds. The molecule has 4 aromatic rings. The van der Waals surface area contributed by atoms with E-state index in [1.807, 2.05) is 55.5 Å². The van der Waals surface area contributed by atoms with Gasteiger partial charge in [-0.25, -0.2) is 0 Å². The molecule has 3 aliphatic heterocycles. The molecule has 4 aromatic carbocycles. The van der Waals surface area contributed by atoms with Gasteiger partial charge in [0, 0.05) is 23.7 Å². The van der Waals surface area contributed by atoms with Crippen LogP contribution in [0.25, 0.3) is 0 Å². The van der Waals surface area contributed by atoms with Gasteiger partial charge < -0.3 is 48.8 Å². The van der Waals surface area contributed by atoms with Gasteiger partial charge in [0.05, 0.1) is 46.0 Å². The molecule has 3 atom stereocenters. The molecule has 3 fully saturated rings. The second-order valence-electron chi connectivity index (χ2n) is 14.6. The minimum Gasteiger partial charge on any atom is -0.870 e. The van der Waals surface area contributed by atoms with Gasteiger partial charge in [0.2, 0.25) is 0 Å². The second kappa shape index (κ2) is 23.8. The van der Waals surface area contributed by atoms with Crippen LogP contribution in [0.1, 0.15) is 61.8 Å². The van der Waals surface area contributed by atoms with Crippen molar-refractivity contribution in [2.24, 2.45) is 0 Å². The van der Waals surface area contributed by atoms with Crippen molar-refractivity contribution in [2.45, 2.75) is 68.7 Å². The predicted octanol–water partition coefficient (Wildman–Crippen LogP) is 4.31. The fourth-order valence-electron chi connectivity index (χ4n) is 6.18. The molecule has 3 heterocycles. The van der Waals surface area contributed by atoms with Crippen molar-refractivity contribution in [3.8, 4) is 23.0 Å². The summed E-state index contributed by atoms with van der Waals surface area (Å²) in [4.78, 5) is 23.4. The molecule has 314 valence electrons. The van der Waals surface area contributed by atoms with E-state index in [1.54, 1.807) is 24.3 Å². The first-order valence-corrected chi connectivity index (χ1v) is 19.6. The Morgan fingerprint density at radius 2 is 0.881 bits per heavy atom. The first-order valence-electron chi connectivity index (χ1n) is 19.1. The van der Waals surface area contributed by atoms with Crippen LogP contribution in [-0.4, -0.2) is 99.1 Å². The standard InChI is InChI=1S/C24H28O6.C18H20O4.C3H5ClO.Na.H2O/c1-24(12-11-23(25)26-2,17-3-7-19(8-4-17)27-13-21-15-29-21)18-5-9-20(10-6-18)28-14-22-16-30-22;1-18(12-11-17(21)22-2,13-3-7-15(19)8-4-13)14-5-9-16(20)10-6-14;4-1-3-2-5-3;;/h3-10,21-22H,11-16H2,1-2H3;3-10,19-20H,11-12H2,1-2H3;3H,1-2H2;;1H2/q;;;+1;/p-1. The number of benzene rings is 4. The summed E-state index contributed by atoms with van der Waals surface area (Å²) in [6, 6.07) is 30.1. The van der Waals surface area contributed by atoms with E-state index in [4.69, 9.17) is 44.8 Å². The molecule has 0 aromatic heterocycles. The molecule has 14 heteroatoms. The predicted molar refractivity (Wildman–Crippen MR) is 217 cm³/mol. The Bertz CT molecular complexity index is 1740. The molecule has 3 saturated heterocycles. The van der Waals surface area contributed by atoms with Crippen LogP contribution in [0.4, 0.5) is 0 Å². The van der Waals surface area contributed by atoms with E-state index in [1.165, 1.54) is 14.2 Å². The Morgan fingerprint density at radius 3 is 1.12 bits per heavy atom. The summed E-state index contributed by atoms with van der Waals surface area (Å²) in [6.07, 6.45) is 2.67. The SMILES string of the molecule is COC(=O)CCC(C)(c1ccc(O)cc1)c1ccc(O)cc1.COC(=O)CCC(C)(c1ccc(OCC2CO2)cc1)c1ccc(OCC2CO2)cc1.ClCC1CO1.[Na+].[OH-]. The summed E-state index contributed by atoms with van der Waals surface area (Å²) in [5.74, 6) is 2.22. The van der Waals surface area contributed by atoms with Crippen LogP contribution >= 0.6 is 11.6 Å². The Kier molecular flexibility index (Phi) is 20.0. The summed E-state index contributed by atoms with van der Waals surface area (Å²) in [7, 11) is 2.80. The molecule has 0 spiro atoms. The number of esters is 2. The van der Waals surface area contributed by atoms with E-state index in [2.05, 4.69) is 31.2 Å². The van der Waals surface area contributed by atoms with Crippen LogP contribution in [0, 0.1) is 0 Å². The third-order valence-electron chi connectivity index (χ3n) is 10.4. The van der Waals surface area contributed by atoms with Gasteiger partial charge in [-0.2, -0.15) is 0 Å². The molecule has 3 aliphatic rings. The average Bonchev–Trinajstić information content (AvgIpc) is 4.08. The molecular weight excluding hydrogens is 791 g/mol. The van der Waals surface area contributed by atoms with Gasteiger partial charge >= 0.3 is 41.5 Å². The zero-order chi connectivity index (χ0) is 40.8. The Balaban J connectivity index is 0.000000282. The Morgan fingerprint density at radius 1 is 0.593 bits per heavy atom. The second-order valence-corrected chi connectivity index (χ2v) is 14.9. The summed E-state index contributed by atoms with van der Waals surface area (Å²) < 4.78 is 36.2. The van der Waals surface area contributed by atoms with Crippen LogP contribution in [0.5, 0.6) is 23.0 Å². The van der Waals surface area contributed by atoms with Gasteiger partial charge in [-0.05, 0) is 83.6 Å². The van der Waals surface area contributed by atoms with Crippen molar-refractivity contribution < 1.29 is 88.0 Å². The molecule has 59 heavy (non-hydrogen) atoms. The van der Waals surface area contributed by atoms with Crippen LogP contribution in [0.15, 0.2) is 97.1 Å². The normalized spacial score (nSPS) is 17.9. The van der Waals surface area contributed by atoms with Crippen molar-refractivity contribution in [1.82, 2.24) is 0 Å². The van der Waals surface area contributed by atoms with Crippen LogP contribution in [-0.2, 0) is 44.1 Å². The summed E-state index contributed by atoms with van der Waals surface area (Å²) in [5, 5.41) is 19.0. The monoisotopic (exact) mass is 844 g/mol. The van der Waals surface area contributed by atoms with E-state index < -0.39 is 5.41 Å². The number of epoxide rings is 3. The minimum absolute atomic E-state index is 0. The van der Waals surface area contributed by atoms with Gasteiger partial charge in [-0.15, -0.1) is 11.6 Å². The van der Waals surface area contributed by atoms with Crippen molar-refractivity contribution >= 4 is 23.5 Å². The zero-order valence-electron chi connectivity index (χ0n) is 34.4. The third kappa shape index (κ3) is 15.6. The summed E-state index contributed by atoms with van der Waals surface area (Å²) >= 11 is 5.27. The maximum absolute atomic E-state index is 11.9. The molecule has 0 aliphatic carbocycles. The van der Waals surface area contributed by atoms with E-state index in [-0.39, 0.29) is 82.5 Å². The number of halogens is 1. The van der Waals surface area contributed by atoms with E-state index >= 15 is 0 Å². The Labute approximate surface area is 373 Å². The number of hydrogen-bond donors (Lipinski definition) is 2. The van der Waals surface area contributed by atoms with E-state index in [0.717, 1.165) is 53.6 Å². The zero-order valence-corrected chi connectivity index (χ0v) is 37.2. The third-order valence-corrected chi connectivity index (χ3v) is 10.7. The number of rotatable bonds is 17. The number of ether oxygens (including phenoxy) is 7. The average molecular weight is 845 g/mol. The number of hydrogen-bond acceptors (Lipinski definition) is 12. The smallest absolute Gasteiger partial charge is 0.870 e. The van der Waals surface area contributed by atoms with Gasteiger partial charge in [-0.3, -0.25) is 9.59 Å². The van der Waals surface area contributed by atoms with Gasteiger partial charge in [-0.1, -0.05) is 62.4 Å². The van der Waals surface area contributed by atoms with Crippen LogP contribution < -0.4 is 39.0 Å². The van der Waals surface area contributed by atoms with Crippen LogP contribution in [0.3, 0.4) is 0 Å². The first-order chi connectivity index (χ1) is 27.4. The molecule has 0 bridgehead atoms. The van der Waals surface area contributed by atoms with Gasteiger partial charge in [0.1, 0.15) is 48.4 Å². The van der Waals surface area contributed by atoms with E-state index in [0.29, 0.717) is 44.5 Å². The maximum atomic E-state index is 11.9. The number of carbonyl (C=O) groups excluding carboxylic acids is 2. The summed E-state index contributed by atoms with van der Waals surface area (Å²) in [6.45, 7) is 7.77. The van der Waals surface area contributed by atoms with Crippen molar-refractivity contribution in [3.63, 3.8) is 0 Å². The molecule has 12 nitrogen and oxygen atoms in total. The van der Waals surface area contributed by atoms with E-state index in [9.17, 15) is 19.8 Å². The topological polar surface area (TPSA) is 179 Å². The quantitative estimate of drug-likeness (QED) is 0.0667. The molecule has 0 saturated carbocycles. The molecule has 7 rings (SSSR count). The van der Waals surface area contributed by atoms with Crippen molar-refractivity contribution in [3.05, 3.63) is 119 Å². The van der Waals surface area contributed by atoms with Crippen molar-refractivity contribution in [2.75, 3.05) is 53.1 Å². The fraction of sp³-hybridized carbons (Fsp3) is 0.422. The number of phenols is 2. The number of aromatic hydroxyl groups is 2. The largest absolute Gasteiger partial charge is 1.00 e.